The van der Waals surface area contributed by atoms with E-state index in [1.807, 2.05) is 0 Å². The Morgan fingerprint density at radius 1 is 1.37 bits per heavy atom. The molecule has 0 saturated carbocycles. The first-order valence-corrected chi connectivity index (χ1v) is 6.95. The van der Waals surface area contributed by atoms with Crippen LogP contribution in [0.1, 0.15) is 25.3 Å². The molecule has 0 spiro atoms. The third-order valence-corrected chi connectivity index (χ3v) is 2.86. The van der Waals surface area contributed by atoms with E-state index in [-0.39, 0.29) is 0 Å². The zero-order valence-corrected chi connectivity index (χ0v) is 11.8. The van der Waals surface area contributed by atoms with Gasteiger partial charge in [-0.05, 0) is 30.5 Å². The van der Waals surface area contributed by atoms with E-state index >= 15 is 0 Å². The van der Waals surface area contributed by atoms with Gasteiger partial charge in [-0.3, -0.25) is 0 Å². The summed E-state index contributed by atoms with van der Waals surface area (Å²) in [5.74, 6) is 0. The van der Waals surface area contributed by atoms with Crippen LogP contribution in [0.4, 0.5) is 5.69 Å². The minimum absolute atomic E-state index is 0.327. The molecule has 0 radical (unpaired) electrons. The molecule has 0 saturated heterocycles. The van der Waals surface area contributed by atoms with Gasteiger partial charge < -0.3 is 15.2 Å². The van der Waals surface area contributed by atoms with E-state index in [1.54, 1.807) is 6.08 Å². The summed E-state index contributed by atoms with van der Waals surface area (Å²) in [6, 6.07) is 8.39. The predicted molar refractivity (Wildman–Crippen MR) is 80.6 cm³/mol. The maximum atomic E-state index is 9.69. The lowest BCUT2D eigenvalue weighted by Crippen LogP contribution is -2.24. The zero-order chi connectivity index (χ0) is 13.9. The molecule has 0 bridgehead atoms. The Balaban J connectivity index is 2.26. The van der Waals surface area contributed by atoms with Crippen molar-refractivity contribution in [2.24, 2.45) is 0 Å². The van der Waals surface area contributed by atoms with Crippen molar-refractivity contribution in [3.8, 4) is 0 Å². The van der Waals surface area contributed by atoms with Gasteiger partial charge in [0.2, 0.25) is 0 Å². The third kappa shape index (κ3) is 6.99. The number of unbranched alkanes of at least 4 members (excludes halogenated alkanes) is 1. The second-order valence-corrected chi connectivity index (χ2v) is 4.66. The van der Waals surface area contributed by atoms with Crippen molar-refractivity contribution in [3.05, 3.63) is 42.5 Å². The number of hydrogen-bond acceptors (Lipinski definition) is 3. The van der Waals surface area contributed by atoms with Gasteiger partial charge in [0.05, 0.1) is 19.3 Å². The molecule has 3 heteroatoms. The highest BCUT2D eigenvalue weighted by Gasteiger charge is 2.03. The molecule has 0 aliphatic heterocycles. The van der Waals surface area contributed by atoms with Gasteiger partial charge in [0, 0.05) is 12.2 Å². The highest BCUT2D eigenvalue weighted by Crippen LogP contribution is 2.11. The molecule has 1 aromatic rings. The Kier molecular flexibility index (Phi) is 7.94. The molecule has 1 aromatic carbocycles. The molecule has 0 aromatic heterocycles. The van der Waals surface area contributed by atoms with Crippen LogP contribution in [0.3, 0.4) is 0 Å². The lowest BCUT2D eigenvalue weighted by Gasteiger charge is -2.13. The summed E-state index contributed by atoms with van der Waals surface area (Å²) in [6.07, 6.45) is 4.76. The minimum atomic E-state index is -0.500. The molecule has 1 rings (SSSR count). The molecule has 0 aliphatic rings. The Labute approximate surface area is 116 Å². The van der Waals surface area contributed by atoms with Crippen LogP contribution in [-0.2, 0) is 11.2 Å². The fraction of sp³-hybridized carbons (Fsp3) is 0.500. The van der Waals surface area contributed by atoms with E-state index < -0.39 is 6.10 Å². The van der Waals surface area contributed by atoms with E-state index in [0.29, 0.717) is 19.8 Å². The van der Waals surface area contributed by atoms with Gasteiger partial charge >= 0.3 is 0 Å². The van der Waals surface area contributed by atoms with E-state index in [2.05, 4.69) is 43.1 Å². The van der Waals surface area contributed by atoms with Crippen LogP contribution in [0, 0.1) is 0 Å². The van der Waals surface area contributed by atoms with Crippen LogP contribution in [0.5, 0.6) is 0 Å². The second kappa shape index (κ2) is 9.59. The SMILES string of the molecule is C=CCOCC(O)CNc1ccc(CCCC)cc1. The van der Waals surface area contributed by atoms with Gasteiger partial charge in [-0.15, -0.1) is 6.58 Å². The molecule has 2 N–H and O–H groups in total. The van der Waals surface area contributed by atoms with Crippen LogP contribution in [0.25, 0.3) is 0 Å². The van der Waals surface area contributed by atoms with Gasteiger partial charge in [0.1, 0.15) is 0 Å². The molecule has 0 fully saturated rings. The molecular weight excluding hydrogens is 238 g/mol. The summed E-state index contributed by atoms with van der Waals surface area (Å²) in [4.78, 5) is 0. The van der Waals surface area contributed by atoms with Gasteiger partial charge in [-0.2, -0.15) is 0 Å². The van der Waals surface area contributed by atoms with E-state index in [9.17, 15) is 5.11 Å². The first kappa shape index (κ1) is 15.7. The number of hydrogen-bond donors (Lipinski definition) is 2. The van der Waals surface area contributed by atoms with Crippen molar-refractivity contribution in [1.82, 2.24) is 0 Å². The molecule has 106 valence electrons. The maximum Gasteiger partial charge on any atom is 0.0945 e. The molecule has 0 amide bonds. The quantitative estimate of drug-likeness (QED) is 0.503. The first-order valence-electron chi connectivity index (χ1n) is 6.95. The highest BCUT2D eigenvalue weighted by atomic mass is 16.5. The smallest absolute Gasteiger partial charge is 0.0945 e. The van der Waals surface area contributed by atoms with Gasteiger partial charge in [0.25, 0.3) is 0 Å². The number of aliphatic hydroxyl groups is 1. The van der Waals surface area contributed by atoms with E-state index in [1.165, 1.54) is 18.4 Å². The molecular formula is C16H25NO2. The molecule has 3 nitrogen and oxygen atoms in total. The number of anilines is 1. The van der Waals surface area contributed by atoms with Crippen molar-refractivity contribution in [3.63, 3.8) is 0 Å². The Bertz CT molecular complexity index is 348. The lowest BCUT2D eigenvalue weighted by atomic mass is 10.1. The minimum Gasteiger partial charge on any atom is -0.389 e. The predicted octanol–water partition coefficient (Wildman–Crippen LogP) is 3.00. The largest absolute Gasteiger partial charge is 0.389 e. The third-order valence-electron chi connectivity index (χ3n) is 2.86. The molecule has 19 heavy (non-hydrogen) atoms. The van der Waals surface area contributed by atoms with Crippen LogP contribution in [-0.4, -0.2) is 31.0 Å². The number of benzene rings is 1. The fourth-order valence-corrected chi connectivity index (χ4v) is 1.75. The van der Waals surface area contributed by atoms with Crippen molar-refractivity contribution >= 4 is 5.69 Å². The van der Waals surface area contributed by atoms with Crippen LogP contribution in [0.15, 0.2) is 36.9 Å². The van der Waals surface area contributed by atoms with Crippen LogP contribution in [0.2, 0.25) is 0 Å². The number of nitrogens with one attached hydrogen (secondary N) is 1. The standard InChI is InChI=1S/C16H25NO2/c1-3-5-6-14-7-9-15(10-8-14)17-12-16(18)13-19-11-4-2/h4,7-10,16-18H,2-3,5-6,11-13H2,1H3. The summed E-state index contributed by atoms with van der Waals surface area (Å²) in [5.41, 5.74) is 2.39. The number of ether oxygens (including phenoxy) is 1. The van der Waals surface area contributed by atoms with Crippen LogP contribution < -0.4 is 5.32 Å². The number of aliphatic hydroxyl groups excluding tert-OH is 1. The van der Waals surface area contributed by atoms with Gasteiger partial charge in [-0.25, -0.2) is 0 Å². The van der Waals surface area contributed by atoms with E-state index in [4.69, 9.17) is 4.74 Å². The summed E-state index contributed by atoms with van der Waals surface area (Å²) < 4.78 is 5.19. The molecule has 1 unspecified atom stereocenters. The summed E-state index contributed by atoms with van der Waals surface area (Å²) in [7, 11) is 0. The second-order valence-electron chi connectivity index (χ2n) is 4.66. The van der Waals surface area contributed by atoms with Gasteiger partial charge in [0.15, 0.2) is 0 Å². The van der Waals surface area contributed by atoms with Crippen molar-refractivity contribution in [1.29, 1.82) is 0 Å². The summed E-state index contributed by atoms with van der Waals surface area (Å²) >= 11 is 0. The fourth-order valence-electron chi connectivity index (χ4n) is 1.75. The maximum absolute atomic E-state index is 9.69. The Hall–Kier alpha value is -1.32. The van der Waals surface area contributed by atoms with Crippen LogP contribution >= 0.6 is 0 Å². The first-order chi connectivity index (χ1) is 9.26. The Morgan fingerprint density at radius 2 is 2.11 bits per heavy atom. The number of rotatable bonds is 10. The highest BCUT2D eigenvalue weighted by molar-refractivity contribution is 5.44. The average Bonchev–Trinajstić information content (AvgIpc) is 2.44. The Morgan fingerprint density at radius 3 is 2.74 bits per heavy atom. The molecule has 1 atom stereocenters. The zero-order valence-electron chi connectivity index (χ0n) is 11.8. The molecule has 0 aliphatic carbocycles. The van der Waals surface area contributed by atoms with Crippen molar-refractivity contribution in [2.75, 3.05) is 25.1 Å². The van der Waals surface area contributed by atoms with Gasteiger partial charge in [-0.1, -0.05) is 31.6 Å². The van der Waals surface area contributed by atoms with Crippen molar-refractivity contribution in [2.45, 2.75) is 32.3 Å². The normalized spacial score (nSPS) is 12.1. The van der Waals surface area contributed by atoms with E-state index in [0.717, 1.165) is 12.1 Å². The topological polar surface area (TPSA) is 41.5 Å². The number of aryl methyl sites for hydroxylation is 1. The van der Waals surface area contributed by atoms with Crippen molar-refractivity contribution < 1.29 is 9.84 Å². The summed E-state index contributed by atoms with van der Waals surface area (Å²) in [6.45, 7) is 7.05. The monoisotopic (exact) mass is 263 g/mol. The molecule has 0 heterocycles. The summed E-state index contributed by atoms with van der Waals surface area (Å²) in [5, 5.41) is 12.9. The average molecular weight is 263 g/mol. The lowest BCUT2D eigenvalue weighted by molar-refractivity contribution is 0.0566.